The van der Waals surface area contributed by atoms with Gasteiger partial charge in [-0.05, 0) is 51.0 Å². The molecular weight excluding hydrogens is 390 g/mol. The van der Waals surface area contributed by atoms with Gasteiger partial charge in [-0.25, -0.2) is 4.68 Å². The lowest BCUT2D eigenvalue weighted by Crippen LogP contribution is -2.36. The average molecular weight is 422 g/mol. The summed E-state index contributed by atoms with van der Waals surface area (Å²) in [5, 5.41) is 15.3. The van der Waals surface area contributed by atoms with Gasteiger partial charge in [-0.15, -0.1) is 0 Å². The summed E-state index contributed by atoms with van der Waals surface area (Å²) in [6, 6.07) is 20.3. The van der Waals surface area contributed by atoms with Gasteiger partial charge in [0, 0.05) is 25.7 Å². The standard InChI is InChI=1S/C25H31N3O3/c1-3-30-18-22(29)16-27(20-14-15-20)17-24-19(2)26-28(21-10-6-4-7-11-21)25(24)31-23-12-8-5-9-13-23/h4-13,20,22,29H,3,14-18H2,1-2H3/t22-/m1/s1. The van der Waals surface area contributed by atoms with Crippen LogP contribution in [0.15, 0.2) is 60.7 Å². The van der Waals surface area contributed by atoms with E-state index in [-0.39, 0.29) is 0 Å². The van der Waals surface area contributed by atoms with Crippen LogP contribution in [0.5, 0.6) is 11.6 Å². The molecule has 164 valence electrons. The van der Waals surface area contributed by atoms with Gasteiger partial charge in [0.1, 0.15) is 5.75 Å². The Bertz CT molecular complexity index is 955. The quantitative estimate of drug-likeness (QED) is 0.499. The van der Waals surface area contributed by atoms with Crippen molar-refractivity contribution in [1.82, 2.24) is 14.7 Å². The minimum absolute atomic E-state index is 0.356. The Kier molecular flexibility index (Phi) is 7.02. The van der Waals surface area contributed by atoms with Gasteiger partial charge in [-0.2, -0.15) is 5.10 Å². The maximum Gasteiger partial charge on any atom is 0.227 e. The molecule has 4 rings (SSSR count). The van der Waals surface area contributed by atoms with Crippen LogP contribution in [0.2, 0.25) is 0 Å². The third-order valence-electron chi connectivity index (χ3n) is 5.48. The molecule has 1 heterocycles. The number of rotatable bonds is 11. The maximum atomic E-state index is 10.4. The topological polar surface area (TPSA) is 59.8 Å². The van der Waals surface area contributed by atoms with Gasteiger partial charge < -0.3 is 14.6 Å². The van der Waals surface area contributed by atoms with Crippen LogP contribution in [-0.4, -0.2) is 51.7 Å². The smallest absolute Gasteiger partial charge is 0.227 e. The fraction of sp³-hybridized carbons (Fsp3) is 0.400. The molecule has 0 saturated heterocycles. The zero-order valence-corrected chi connectivity index (χ0v) is 18.3. The van der Waals surface area contributed by atoms with Crippen LogP contribution in [0.3, 0.4) is 0 Å². The van der Waals surface area contributed by atoms with Crippen LogP contribution < -0.4 is 4.74 Å². The zero-order chi connectivity index (χ0) is 21.6. The molecule has 6 nitrogen and oxygen atoms in total. The number of nitrogens with zero attached hydrogens (tertiary/aromatic N) is 3. The Hall–Kier alpha value is -2.67. The minimum Gasteiger partial charge on any atom is -0.439 e. The van der Waals surface area contributed by atoms with E-state index in [1.165, 1.54) is 0 Å². The molecule has 0 aliphatic heterocycles. The van der Waals surface area contributed by atoms with E-state index in [1.54, 1.807) is 0 Å². The van der Waals surface area contributed by atoms with E-state index in [0.29, 0.717) is 32.3 Å². The first kappa shape index (κ1) is 21.6. The van der Waals surface area contributed by atoms with Crippen molar-refractivity contribution < 1.29 is 14.6 Å². The van der Waals surface area contributed by atoms with Crippen molar-refractivity contribution in [1.29, 1.82) is 0 Å². The van der Waals surface area contributed by atoms with Crippen molar-refractivity contribution in [2.45, 2.75) is 45.4 Å². The lowest BCUT2D eigenvalue weighted by Gasteiger charge is -2.25. The minimum atomic E-state index is -0.511. The van der Waals surface area contributed by atoms with Gasteiger partial charge in [0.25, 0.3) is 0 Å². The summed E-state index contributed by atoms with van der Waals surface area (Å²) in [5.74, 6) is 1.50. The zero-order valence-electron chi connectivity index (χ0n) is 18.3. The molecule has 0 bridgehead atoms. The first-order valence-corrected chi connectivity index (χ1v) is 11.0. The summed E-state index contributed by atoms with van der Waals surface area (Å²) >= 11 is 0. The molecule has 1 atom stereocenters. The second-order valence-corrected chi connectivity index (χ2v) is 8.01. The highest BCUT2D eigenvalue weighted by Crippen LogP contribution is 2.35. The van der Waals surface area contributed by atoms with Crippen molar-refractivity contribution in [2.24, 2.45) is 0 Å². The third kappa shape index (κ3) is 5.53. The van der Waals surface area contributed by atoms with Gasteiger partial charge in [0.15, 0.2) is 0 Å². The molecule has 0 spiro atoms. The van der Waals surface area contributed by atoms with Gasteiger partial charge in [-0.1, -0.05) is 36.4 Å². The molecular formula is C25H31N3O3. The first-order chi connectivity index (χ1) is 15.2. The van der Waals surface area contributed by atoms with Crippen LogP contribution in [0.4, 0.5) is 0 Å². The Morgan fingerprint density at radius 1 is 1.10 bits per heavy atom. The van der Waals surface area contributed by atoms with Crippen LogP contribution in [-0.2, 0) is 11.3 Å². The molecule has 1 saturated carbocycles. The lowest BCUT2D eigenvalue weighted by atomic mass is 10.2. The molecule has 0 amide bonds. The van der Waals surface area contributed by atoms with Gasteiger partial charge in [0.05, 0.1) is 29.7 Å². The number of ether oxygens (including phenoxy) is 2. The van der Waals surface area contributed by atoms with Crippen molar-refractivity contribution in [3.63, 3.8) is 0 Å². The Labute approximate surface area is 184 Å². The van der Waals surface area contributed by atoms with Crippen LogP contribution in [0, 0.1) is 6.92 Å². The summed E-state index contributed by atoms with van der Waals surface area (Å²) in [5.41, 5.74) is 2.93. The monoisotopic (exact) mass is 421 g/mol. The number of aliphatic hydroxyl groups excluding tert-OH is 1. The van der Waals surface area contributed by atoms with Gasteiger partial charge in [-0.3, -0.25) is 4.90 Å². The molecule has 3 aromatic rings. The fourth-order valence-electron chi connectivity index (χ4n) is 3.73. The molecule has 31 heavy (non-hydrogen) atoms. The normalized spacial score (nSPS) is 14.7. The summed E-state index contributed by atoms with van der Waals surface area (Å²) in [7, 11) is 0. The Morgan fingerprint density at radius 3 is 2.42 bits per heavy atom. The average Bonchev–Trinajstić information content (AvgIpc) is 3.60. The van der Waals surface area contributed by atoms with Crippen LogP contribution in [0.1, 0.15) is 31.0 Å². The molecule has 0 unspecified atom stereocenters. The number of aryl methyl sites for hydroxylation is 1. The predicted molar refractivity (Wildman–Crippen MR) is 121 cm³/mol. The van der Waals surface area contributed by atoms with E-state index in [9.17, 15) is 5.11 Å². The number of hydrogen-bond donors (Lipinski definition) is 1. The molecule has 1 aliphatic rings. The largest absolute Gasteiger partial charge is 0.439 e. The molecule has 2 aromatic carbocycles. The second kappa shape index (κ2) is 10.1. The first-order valence-electron chi connectivity index (χ1n) is 11.0. The van der Waals surface area contributed by atoms with Crippen molar-refractivity contribution in [3.05, 3.63) is 71.9 Å². The molecule has 0 radical (unpaired) electrons. The van der Waals surface area contributed by atoms with E-state index in [2.05, 4.69) is 4.90 Å². The summed E-state index contributed by atoms with van der Waals surface area (Å²) < 4.78 is 13.7. The molecule has 1 aromatic heterocycles. The summed E-state index contributed by atoms with van der Waals surface area (Å²) in [6.45, 7) is 6.18. The number of hydrogen-bond acceptors (Lipinski definition) is 5. The second-order valence-electron chi connectivity index (χ2n) is 8.01. The molecule has 1 fully saturated rings. The number of benzene rings is 2. The number of para-hydroxylation sites is 2. The Morgan fingerprint density at radius 2 is 1.77 bits per heavy atom. The van der Waals surface area contributed by atoms with E-state index < -0.39 is 6.10 Å². The van der Waals surface area contributed by atoms with Crippen molar-refractivity contribution >= 4 is 0 Å². The summed E-state index contributed by atoms with van der Waals surface area (Å²) in [4.78, 5) is 2.33. The third-order valence-corrected chi connectivity index (χ3v) is 5.48. The molecule has 1 N–H and O–H groups in total. The molecule has 1 aliphatic carbocycles. The lowest BCUT2D eigenvalue weighted by molar-refractivity contribution is 0.0177. The van der Waals surface area contributed by atoms with Crippen LogP contribution in [0.25, 0.3) is 5.69 Å². The van der Waals surface area contributed by atoms with Gasteiger partial charge in [0.2, 0.25) is 5.88 Å². The maximum absolute atomic E-state index is 10.4. The highest BCUT2D eigenvalue weighted by molar-refractivity contribution is 5.43. The predicted octanol–water partition coefficient (Wildman–Crippen LogP) is 4.33. The van der Waals surface area contributed by atoms with Crippen molar-refractivity contribution in [2.75, 3.05) is 19.8 Å². The highest BCUT2D eigenvalue weighted by Gasteiger charge is 2.32. The highest BCUT2D eigenvalue weighted by atomic mass is 16.5. The van der Waals surface area contributed by atoms with E-state index in [4.69, 9.17) is 14.6 Å². The Balaban J connectivity index is 1.64. The van der Waals surface area contributed by atoms with E-state index in [1.807, 2.05) is 79.2 Å². The van der Waals surface area contributed by atoms with E-state index in [0.717, 1.165) is 41.4 Å². The number of aliphatic hydroxyl groups is 1. The van der Waals surface area contributed by atoms with E-state index >= 15 is 0 Å². The molecule has 6 heteroatoms. The SMILES string of the molecule is CCOC[C@H](O)CN(Cc1c(C)nn(-c2ccccc2)c1Oc1ccccc1)C1CC1. The number of aromatic nitrogens is 2. The van der Waals surface area contributed by atoms with Crippen LogP contribution >= 0.6 is 0 Å². The fourth-order valence-corrected chi connectivity index (χ4v) is 3.73. The van der Waals surface area contributed by atoms with Crippen molar-refractivity contribution in [3.8, 4) is 17.3 Å². The van der Waals surface area contributed by atoms with Gasteiger partial charge >= 0.3 is 0 Å². The summed E-state index contributed by atoms with van der Waals surface area (Å²) in [6.07, 6.45) is 1.80.